The van der Waals surface area contributed by atoms with Crippen molar-refractivity contribution >= 4 is 32.6 Å². The van der Waals surface area contributed by atoms with Gasteiger partial charge < -0.3 is 14.2 Å². The standard InChI is InChI=1S/C22H21F3N2O4S/c1-29-16-8-9-17(30-2)19-18(16)26-21(32-19)27(12-15-7-4-10-31-15)20(28)13-5-3-6-14(11-13)22(23,24)25/h3,5-6,8-9,11,15H,4,7,10,12H2,1-2H3. The van der Waals surface area contributed by atoms with E-state index in [-0.39, 0.29) is 18.2 Å². The SMILES string of the molecule is COc1ccc(OC)c2sc(N(CC3CCCO3)C(=O)c3cccc(C(F)(F)F)c3)nc12. The highest BCUT2D eigenvalue weighted by molar-refractivity contribution is 7.22. The number of nitrogens with zero attached hydrogens (tertiary/aromatic N) is 2. The zero-order valence-electron chi connectivity index (χ0n) is 17.4. The van der Waals surface area contributed by atoms with Crippen LogP contribution in [0.25, 0.3) is 10.2 Å². The molecule has 0 spiro atoms. The Morgan fingerprint density at radius 3 is 2.62 bits per heavy atom. The van der Waals surface area contributed by atoms with Crippen LogP contribution in [0.15, 0.2) is 36.4 Å². The summed E-state index contributed by atoms with van der Waals surface area (Å²) in [6.07, 6.45) is -3.16. The second-order valence-electron chi connectivity index (χ2n) is 7.27. The van der Waals surface area contributed by atoms with Crippen molar-refractivity contribution < 1.29 is 32.2 Å². The number of alkyl halides is 3. The predicted octanol–water partition coefficient (Wildman–Crippen LogP) is 5.16. The Bertz CT molecular complexity index is 1090. The number of halogens is 3. The lowest BCUT2D eigenvalue weighted by Crippen LogP contribution is -2.37. The number of anilines is 1. The zero-order chi connectivity index (χ0) is 22.9. The van der Waals surface area contributed by atoms with Crippen LogP contribution < -0.4 is 14.4 Å². The topological polar surface area (TPSA) is 60.9 Å². The average molecular weight is 466 g/mol. The molecular weight excluding hydrogens is 445 g/mol. The number of carbonyl (C=O) groups is 1. The zero-order valence-corrected chi connectivity index (χ0v) is 18.3. The first-order valence-corrected chi connectivity index (χ1v) is 10.8. The lowest BCUT2D eigenvalue weighted by molar-refractivity contribution is -0.137. The van der Waals surface area contributed by atoms with Crippen molar-refractivity contribution in [3.05, 3.63) is 47.5 Å². The number of benzene rings is 2. The molecule has 0 saturated carbocycles. The van der Waals surface area contributed by atoms with Crippen molar-refractivity contribution in [2.45, 2.75) is 25.1 Å². The van der Waals surface area contributed by atoms with Gasteiger partial charge in [-0.25, -0.2) is 4.98 Å². The number of hydrogen-bond donors (Lipinski definition) is 0. The van der Waals surface area contributed by atoms with Gasteiger partial charge in [0.15, 0.2) is 5.13 Å². The summed E-state index contributed by atoms with van der Waals surface area (Å²) in [4.78, 5) is 19.4. The van der Waals surface area contributed by atoms with E-state index < -0.39 is 17.6 Å². The molecule has 6 nitrogen and oxygen atoms in total. The average Bonchev–Trinajstić information content (AvgIpc) is 3.45. The molecule has 0 radical (unpaired) electrons. The van der Waals surface area contributed by atoms with Crippen molar-refractivity contribution in [2.24, 2.45) is 0 Å². The fraction of sp³-hybridized carbons (Fsp3) is 0.364. The maximum Gasteiger partial charge on any atom is 0.416 e. The molecule has 170 valence electrons. The first-order chi connectivity index (χ1) is 15.3. The second kappa shape index (κ2) is 8.95. The summed E-state index contributed by atoms with van der Waals surface area (Å²) in [5, 5.41) is 0.334. The van der Waals surface area contributed by atoms with Crippen LogP contribution in [0.3, 0.4) is 0 Å². The third kappa shape index (κ3) is 4.37. The van der Waals surface area contributed by atoms with Crippen molar-refractivity contribution in [2.75, 3.05) is 32.3 Å². The minimum absolute atomic E-state index is 0.0731. The molecule has 10 heteroatoms. The Balaban J connectivity index is 1.78. The van der Waals surface area contributed by atoms with Gasteiger partial charge in [-0.2, -0.15) is 13.2 Å². The number of aromatic nitrogens is 1. The molecule has 1 amide bonds. The Kier molecular flexibility index (Phi) is 6.25. The Labute approximate surface area is 186 Å². The summed E-state index contributed by atoms with van der Waals surface area (Å²) >= 11 is 1.21. The monoisotopic (exact) mass is 466 g/mol. The van der Waals surface area contributed by atoms with Crippen LogP contribution in [0.2, 0.25) is 0 Å². The lowest BCUT2D eigenvalue weighted by atomic mass is 10.1. The molecule has 1 aliphatic heterocycles. The van der Waals surface area contributed by atoms with Gasteiger partial charge in [0.1, 0.15) is 21.7 Å². The molecule has 1 saturated heterocycles. The highest BCUT2D eigenvalue weighted by atomic mass is 32.1. The van der Waals surface area contributed by atoms with Crippen LogP contribution in [-0.4, -0.2) is 44.4 Å². The summed E-state index contributed by atoms with van der Waals surface area (Å²) < 4.78 is 56.8. The minimum Gasteiger partial charge on any atom is -0.495 e. The van der Waals surface area contributed by atoms with E-state index in [2.05, 4.69) is 4.98 Å². The molecule has 0 aliphatic carbocycles. The molecule has 3 aromatic rings. The molecule has 2 heterocycles. The fourth-order valence-corrected chi connectivity index (χ4v) is 4.70. The molecule has 1 unspecified atom stereocenters. The summed E-state index contributed by atoms with van der Waals surface area (Å²) in [5.41, 5.74) is -0.440. The molecule has 4 rings (SSSR count). The quantitative estimate of drug-likeness (QED) is 0.502. The van der Waals surface area contributed by atoms with Crippen LogP contribution in [0, 0.1) is 0 Å². The van der Waals surface area contributed by atoms with Crippen LogP contribution in [0.5, 0.6) is 11.5 Å². The molecule has 1 fully saturated rings. The smallest absolute Gasteiger partial charge is 0.416 e. The molecule has 2 aromatic carbocycles. The van der Waals surface area contributed by atoms with Crippen molar-refractivity contribution in [1.82, 2.24) is 4.98 Å². The van der Waals surface area contributed by atoms with Gasteiger partial charge in [-0.3, -0.25) is 9.69 Å². The Hall–Kier alpha value is -2.85. The minimum atomic E-state index is -4.55. The number of fused-ring (bicyclic) bond motifs is 1. The van der Waals surface area contributed by atoms with E-state index in [4.69, 9.17) is 14.2 Å². The maximum atomic E-state index is 13.4. The third-order valence-electron chi connectivity index (χ3n) is 5.22. The largest absolute Gasteiger partial charge is 0.495 e. The Morgan fingerprint density at radius 2 is 1.97 bits per heavy atom. The highest BCUT2D eigenvalue weighted by Gasteiger charge is 2.33. The third-order valence-corrected chi connectivity index (χ3v) is 6.31. The van der Waals surface area contributed by atoms with E-state index in [1.165, 1.54) is 42.6 Å². The summed E-state index contributed by atoms with van der Waals surface area (Å²) in [6, 6.07) is 7.85. The van der Waals surface area contributed by atoms with Gasteiger partial charge in [-0.05, 0) is 43.2 Å². The van der Waals surface area contributed by atoms with Gasteiger partial charge in [0.2, 0.25) is 0 Å². The summed E-state index contributed by atoms with van der Waals surface area (Å²) in [5.74, 6) is 0.489. The van der Waals surface area contributed by atoms with Crippen LogP contribution in [-0.2, 0) is 10.9 Å². The van der Waals surface area contributed by atoms with Crippen molar-refractivity contribution in [3.63, 3.8) is 0 Å². The summed E-state index contributed by atoms with van der Waals surface area (Å²) in [7, 11) is 3.04. The van der Waals surface area contributed by atoms with E-state index in [9.17, 15) is 18.0 Å². The van der Waals surface area contributed by atoms with E-state index in [0.29, 0.717) is 33.5 Å². The molecule has 0 N–H and O–H groups in total. The van der Waals surface area contributed by atoms with Crippen LogP contribution in [0.4, 0.5) is 18.3 Å². The number of amides is 1. The number of rotatable bonds is 6. The van der Waals surface area contributed by atoms with Gasteiger partial charge in [-0.1, -0.05) is 17.4 Å². The number of methoxy groups -OCH3 is 2. The number of thiazole rings is 1. The first kappa shape index (κ1) is 22.3. The number of carbonyl (C=O) groups excluding carboxylic acids is 1. The molecule has 1 aliphatic rings. The maximum absolute atomic E-state index is 13.4. The van der Waals surface area contributed by atoms with Gasteiger partial charge >= 0.3 is 6.18 Å². The summed E-state index contributed by atoms with van der Waals surface area (Å²) in [6.45, 7) is 0.761. The lowest BCUT2D eigenvalue weighted by Gasteiger charge is -2.23. The Morgan fingerprint density at radius 1 is 1.22 bits per heavy atom. The van der Waals surface area contributed by atoms with Crippen molar-refractivity contribution in [1.29, 1.82) is 0 Å². The van der Waals surface area contributed by atoms with E-state index in [1.54, 1.807) is 12.1 Å². The van der Waals surface area contributed by atoms with Gasteiger partial charge in [0.25, 0.3) is 5.91 Å². The van der Waals surface area contributed by atoms with E-state index in [1.807, 2.05) is 0 Å². The molecule has 1 atom stereocenters. The number of ether oxygens (including phenoxy) is 3. The van der Waals surface area contributed by atoms with E-state index in [0.717, 1.165) is 25.0 Å². The van der Waals surface area contributed by atoms with Gasteiger partial charge in [0.05, 0.1) is 32.4 Å². The van der Waals surface area contributed by atoms with Crippen LogP contribution >= 0.6 is 11.3 Å². The van der Waals surface area contributed by atoms with Gasteiger partial charge in [-0.15, -0.1) is 0 Å². The fourth-order valence-electron chi connectivity index (χ4n) is 3.61. The molecule has 0 bridgehead atoms. The predicted molar refractivity (Wildman–Crippen MR) is 115 cm³/mol. The van der Waals surface area contributed by atoms with E-state index >= 15 is 0 Å². The molecule has 1 aromatic heterocycles. The first-order valence-electron chi connectivity index (χ1n) is 9.94. The van der Waals surface area contributed by atoms with Crippen LogP contribution in [0.1, 0.15) is 28.8 Å². The highest BCUT2D eigenvalue weighted by Crippen LogP contribution is 2.41. The second-order valence-corrected chi connectivity index (χ2v) is 8.25. The normalized spacial score (nSPS) is 16.3. The van der Waals surface area contributed by atoms with Crippen molar-refractivity contribution in [3.8, 4) is 11.5 Å². The number of hydrogen-bond acceptors (Lipinski definition) is 6. The molecular formula is C22H21F3N2O4S. The van der Waals surface area contributed by atoms with Gasteiger partial charge in [0, 0.05) is 12.2 Å². The molecule has 32 heavy (non-hydrogen) atoms.